The van der Waals surface area contributed by atoms with Crippen LogP contribution in [0.3, 0.4) is 0 Å². The Bertz CT molecular complexity index is 797. The van der Waals surface area contributed by atoms with Crippen LogP contribution in [0.1, 0.15) is 31.2 Å². The molecule has 1 rings (SSSR count). The Hall–Kier alpha value is -3.67. The van der Waals surface area contributed by atoms with Crippen molar-refractivity contribution >= 4 is 29.6 Å². The van der Waals surface area contributed by atoms with Gasteiger partial charge in [-0.3, -0.25) is 19.8 Å². The standard InChI is InChI=1S/C19H26N4O8/c20-17(21)11-4-6-12(7-5-11)31-8-2-1-3-15(25)22-13(9-16(26)27)18(28)23-14(10-24)19(29)30/h4-7,13-14,24H,1-3,8-10H2,(H3,20,21)(H,22,25)(H,23,28)(H,26,27)(H,29,30)/t13-,14-/m0/s1. The highest BCUT2D eigenvalue weighted by Crippen LogP contribution is 2.12. The van der Waals surface area contributed by atoms with E-state index in [0.29, 0.717) is 30.8 Å². The van der Waals surface area contributed by atoms with E-state index in [0.717, 1.165) is 0 Å². The van der Waals surface area contributed by atoms with Gasteiger partial charge in [0.2, 0.25) is 11.8 Å². The quantitative estimate of drug-likeness (QED) is 0.108. The van der Waals surface area contributed by atoms with Gasteiger partial charge in [0.25, 0.3) is 0 Å². The number of amides is 2. The number of aliphatic hydroxyl groups is 1. The summed E-state index contributed by atoms with van der Waals surface area (Å²) in [5, 5.41) is 38.3. The second-order valence-corrected chi connectivity index (χ2v) is 6.54. The number of amidine groups is 1. The Morgan fingerprint density at radius 1 is 1.03 bits per heavy atom. The highest BCUT2D eigenvalue weighted by Gasteiger charge is 2.27. The summed E-state index contributed by atoms with van der Waals surface area (Å²) >= 11 is 0. The molecule has 8 N–H and O–H groups in total. The molecule has 170 valence electrons. The first-order valence-electron chi connectivity index (χ1n) is 9.36. The number of hydrogen-bond acceptors (Lipinski definition) is 7. The third-order valence-corrected chi connectivity index (χ3v) is 4.06. The average Bonchev–Trinajstić information content (AvgIpc) is 2.70. The summed E-state index contributed by atoms with van der Waals surface area (Å²) in [5.74, 6) is -3.93. The number of carboxylic acid groups (broad SMARTS) is 2. The zero-order chi connectivity index (χ0) is 23.4. The van der Waals surface area contributed by atoms with Crippen LogP contribution in [0, 0.1) is 5.41 Å². The molecule has 1 aromatic rings. The minimum absolute atomic E-state index is 0.00159. The molecule has 0 spiro atoms. The maximum Gasteiger partial charge on any atom is 0.328 e. The van der Waals surface area contributed by atoms with Gasteiger partial charge in [0.15, 0.2) is 0 Å². The number of nitrogens with one attached hydrogen (secondary N) is 3. The fourth-order valence-electron chi connectivity index (χ4n) is 2.42. The lowest BCUT2D eigenvalue weighted by atomic mass is 10.1. The van der Waals surface area contributed by atoms with E-state index in [-0.39, 0.29) is 12.3 Å². The van der Waals surface area contributed by atoms with Crippen LogP contribution in [0.4, 0.5) is 0 Å². The molecule has 0 aliphatic rings. The number of nitrogens with two attached hydrogens (primary N) is 1. The van der Waals surface area contributed by atoms with E-state index in [4.69, 9.17) is 31.2 Å². The highest BCUT2D eigenvalue weighted by molar-refractivity contribution is 5.95. The molecular formula is C19H26N4O8. The maximum absolute atomic E-state index is 12.1. The number of hydrogen-bond donors (Lipinski definition) is 7. The van der Waals surface area contributed by atoms with Crippen molar-refractivity contribution in [3.63, 3.8) is 0 Å². The molecule has 0 aliphatic heterocycles. The second kappa shape index (κ2) is 12.8. The maximum atomic E-state index is 12.1. The van der Waals surface area contributed by atoms with Crippen molar-refractivity contribution < 1.29 is 39.2 Å². The summed E-state index contributed by atoms with van der Waals surface area (Å²) in [5.41, 5.74) is 5.93. The van der Waals surface area contributed by atoms with Gasteiger partial charge in [0.1, 0.15) is 23.7 Å². The zero-order valence-electron chi connectivity index (χ0n) is 16.7. The molecule has 2 amide bonds. The number of unbranched alkanes of at least 4 members (excludes halogenated alkanes) is 1. The first-order valence-corrected chi connectivity index (χ1v) is 9.36. The third kappa shape index (κ3) is 9.58. The minimum Gasteiger partial charge on any atom is -0.494 e. The molecule has 12 nitrogen and oxygen atoms in total. The SMILES string of the molecule is N=C(N)c1ccc(OCCCCC(=O)N[C@@H](CC(=O)O)C(=O)N[C@@H](CO)C(=O)O)cc1. The van der Waals surface area contributed by atoms with E-state index in [1.165, 1.54) is 0 Å². The molecule has 0 aromatic heterocycles. The van der Waals surface area contributed by atoms with Crippen LogP contribution in [0.15, 0.2) is 24.3 Å². The summed E-state index contributed by atoms with van der Waals surface area (Å²) in [4.78, 5) is 45.9. The molecule has 0 bridgehead atoms. The summed E-state index contributed by atoms with van der Waals surface area (Å²) in [7, 11) is 0. The molecular weight excluding hydrogens is 412 g/mol. The van der Waals surface area contributed by atoms with E-state index in [1.54, 1.807) is 24.3 Å². The Morgan fingerprint density at radius 3 is 2.19 bits per heavy atom. The van der Waals surface area contributed by atoms with Crippen molar-refractivity contribution in [2.24, 2.45) is 5.73 Å². The lowest BCUT2D eigenvalue weighted by molar-refractivity contribution is -0.144. The van der Waals surface area contributed by atoms with Crippen molar-refractivity contribution in [3.05, 3.63) is 29.8 Å². The van der Waals surface area contributed by atoms with E-state index < -0.39 is 48.9 Å². The predicted molar refractivity (Wildman–Crippen MR) is 108 cm³/mol. The smallest absolute Gasteiger partial charge is 0.328 e. The van der Waals surface area contributed by atoms with Crippen molar-refractivity contribution in [1.82, 2.24) is 10.6 Å². The lowest BCUT2D eigenvalue weighted by Crippen LogP contribution is -2.53. The largest absolute Gasteiger partial charge is 0.494 e. The monoisotopic (exact) mass is 438 g/mol. The Morgan fingerprint density at radius 2 is 1.68 bits per heavy atom. The Balaban J connectivity index is 2.43. The van der Waals surface area contributed by atoms with Crippen LogP contribution < -0.4 is 21.1 Å². The van der Waals surface area contributed by atoms with Crippen molar-refractivity contribution in [2.75, 3.05) is 13.2 Å². The van der Waals surface area contributed by atoms with Gasteiger partial charge >= 0.3 is 11.9 Å². The number of benzene rings is 1. The molecule has 0 aliphatic carbocycles. The summed E-state index contributed by atoms with van der Waals surface area (Å²) in [6.45, 7) is -0.575. The van der Waals surface area contributed by atoms with E-state index >= 15 is 0 Å². The van der Waals surface area contributed by atoms with Crippen LogP contribution in [-0.4, -0.2) is 70.2 Å². The van der Waals surface area contributed by atoms with Gasteiger partial charge in [0.05, 0.1) is 19.6 Å². The molecule has 1 aromatic carbocycles. The first kappa shape index (κ1) is 25.4. The van der Waals surface area contributed by atoms with Crippen molar-refractivity contribution in [3.8, 4) is 5.75 Å². The van der Waals surface area contributed by atoms with E-state index in [1.807, 2.05) is 5.32 Å². The summed E-state index contributed by atoms with van der Waals surface area (Å²) in [6.07, 6.45) is 0.156. The van der Waals surface area contributed by atoms with Gasteiger partial charge in [-0.25, -0.2) is 4.79 Å². The van der Waals surface area contributed by atoms with E-state index in [9.17, 15) is 19.2 Å². The summed E-state index contributed by atoms with van der Waals surface area (Å²) in [6, 6.07) is 3.52. The molecule has 0 radical (unpaired) electrons. The Labute approximate surface area is 177 Å². The molecule has 0 unspecified atom stereocenters. The van der Waals surface area contributed by atoms with Crippen molar-refractivity contribution in [2.45, 2.75) is 37.8 Å². The molecule has 12 heteroatoms. The number of carbonyl (C=O) groups excluding carboxylic acids is 2. The van der Waals surface area contributed by atoms with Gasteiger partial charge in [-0.2, -0.15) is 0 Å². The van der Waals surface area contributed by atoms with Gasteiger partial charge in [-0.05, 0) is 37.1 Å². The van der Waals surface area contributed by atoms with Crippen LogP contribution in [0.25, 0.3) is 0 Å². The molecule has 2 atom stereocenters. The van der Waals surface area contributed by atoms with Gasteiger partial charge in [-0.15, -0.1) is 0 Å². The van der Waals surface area contributed by atoms with E-state index in [2.05, 4.69) is 5.32 Å². The fourth-order valence-corrected chi connectivity index (χ4v) is 2.42. The molecule has 0 heterocycles. The Kier molecular flexibility index (Phi) is 10.5. The number of ether oxygens (including phenoxy) is 1. The van der Waals surface area contributed by atoms with Gasteiger partial charge < -0.3 is 36.4 Å². The zero-order valence-corrected chi connectivity index (χ0v) is 16.7. The molecule has 31 heavy (non-hydrogen) atoms. The van der Waals surface area contributed by atoms with Gasteiger partial charge in [-0.1, -0.05) is 0 Å². The normalized spacial score (nSPS) is 12.3. The number of carboxylic acids is 2. The minimum atomic E-state index is -1.61. The van der Waals surface area contributed by atoms with Crippen LogP contribution in [0.2, 0.25) is 0 Å². The fraction of sp³-hybridized carbons (Fsp3) is 0.421. The number of carbonyl (C=O) groups is 4. The second-order valence-electron chi connectivity index (χ2n) is 6.54. The highest BCUT2D eigenvalue weighted by atomic mass is 16.5. The lowest BCUT2D eigenvalue weighted by Gasteiger charge is -2.19. The van der Waals surface area contributed by atoms with Crippen molar-refractivity contribution in [1.29, 1.82) is 5.41 Å². The molecule has 0 saturated heterocycles. The predicted octanol–water partition coefficient (Wildman–Crippen LogP) is -0.959. The molecule has 0 saturated carbocycles. The van der Waals surface area contributed by atoms with Gasteiger partial charge in [0, 0.05) is 12.0 Å². The first-order chi connectivity index (χ1) is 14.6. The topological polar surface area (TPSA) is 212 Å². The van der Waals surface area contributed by atoms with Crippen LogP contribution in [0.5, 0.6) is 5.75 Å². The number of rotatable bonds is 14. The number of aliphatic hydroxyl groups excluding tert-OH is 1. The van der Waals surface area contributed by atoms with Crippen LogP contribution in [-0.2, 0) is 19.2 Å². The number of aliphatic carboxylic acids is 2. The molecule has 0 fully saturated rings. The third-order valence-electron chi connectivity index (χ3n) is 4.06. The van der Waals surface area contributed by atoms with Crippen LogP contribution >= 0.6 is 0 Å². The average molecular weight is 438 g/mol. The summed E-state index contributed by atoms with van der Waals surface area (Å²) < 4.78 is 5.51. The number of nitrogen functional groups attached to an aromatic ring is 1.